The summed E-state index contributed by atoms with van der Waals surface area (Å²) < 4.78 is 5.06. The molecule has 0 aliphatic carbocycles. The number of amides is 1. The van der Waals surface area contributed by atoms with Gasteiger partial charge in [0, 0.05) is 18.0 Å². The maximum atomic E-state index is 11.9. The largest absolute Gasteiger partial charge is 0.505 e. The van der Waals surface area contributed by atoms with Crippen molar-refractivity contribution < 1.29 is 14.6 Å². The molecule has 0 radical (unpaired) electrons. The van der Waals surface area contributed by atoms with E-state index < -0.39 is 5.91 Å². The molecule has 2 N–H and O–H groups in total. The number of nitrogens with one attached hydrogen (secondary N) is 1. The van der Waals surface area contributed by atoms with E-state index in [2.05, 4.69) is 10.3 Å². The van der Waals surface area contributed by atoms with Gasteiger partial charge in [0.1, 0.15) is 11.5 Å². The molecule has 0 aliphatic heterocycles. The van der Waals surface area contributed by atoms with Crippen molar-refractivity contribution in [2.24, 2.45) is 0 Å². The summed E-state index contributed by atoms with van der Waals surface area (Å²) in [7, 11) is 1.55. The number of aromatic nitrogens is 1. The van der Waals surface area contributed by atoms with Gasteiger partial charge in [0.25, 0.3) is 5.91 Å². The van der Waals surface area contributed by atoms with E-state index in [4.69, 9.17) is 4.74 Å². The van der Waals surface area contributed by atoms with Crippen LogP contribution >= 0.6 is 0 Å². The Kier molecular flexibility index (Phi) is 3.43. The highest BCUT2D eigenvalue weighted by Crippen LogP contribution is 2.19. The second-order valence-electron chi connectivity index (χ2n) is 3.58. The number of nitrogens with zero attached hydrogens (tertiary/aromatic N) is 1. The number of ether oxygens (including phenoxy) is 1. The molecular formula is C13H12N2O3. The molecule has 1 amide bonds. The zero-order valence-electron chi connectivity index (χ0n) is 9.75. The van der Waals surface area contributed by atoms with Gasteiger partial charge in [-0.05, 0) is 18.2 Å². The molecule has 1 heterocycles. The van der Waals surface area contributed by atoms with Gasteiger partial charge >= 0.3 is 0 Å². The standard InChI is InChI=1S/C13H12N2O3/c1-18-10-4-2-3-9(7-10)15-13(17)11-5-6-14-8-12(11)16/h2-8,16H,1H3,(H,15,17). The Hall–Kier alpha value is -2.56. The normalized spacial score (nSPS) is 9.83. The maximum absolute atomic E-state index is 11.9. The van der Waals surface area contributed by atoms with E-state index >= 15 is 0 Å². The van der Waals surface area contributed by atoms with Crippen LogP contribution in [0.4, 0.5) is 5.69 Å². The summed E-state index contributed by atoms with van der Waals surface area (Å²) in [6.45, 7) is 0. The fraction of sp³-hybridized carbons (Fsp3) is 0.0769. The van der Waals surface area contributed by atoms with Crippen molar-refractivity contribution in [3.63, 3.8) is 0 Å². The molecule has 2 rings (SSSR count). The fourth-order valence-corrected chi connectivity index (χ4v) is 1.48. The molecule has 0 spiro atoms. The topological polar surface area (TPSA) is 71.5 Å². The Morgan fingerprint density at radius 1 is 1.39 bits per heavy atom. The van der Waals surface area contributed by atoms with Crippen LogP contribution in [-0.2, 0) is 0 Å². The van der Waals surface area contributed by atoms with E-state index in [0.29, 0.717) is 11.4 Å². The third-order valence-electron chi connectivity index (χ3n) is 2.37. The molecule has 0 aliphatic rings. The molecule has 2 aromatic rings. The van der Waals surface area contributed by atoms with Gasteiger partial charge in [-0.3, -0.25) is 9.78 Å². The third kappa shape index (κ3) is 2.57. The smallest absolute Gasteiger partial charge is 0.259 e. The van der Waals surface area contributed by atoms with E-state index in [-0.39, 0.29) is 11.3 Å². The Balaban J connectivity index is 2.19. The van der Waals surface area contributed by atoms with Crippen molar-refractivity contribution >= 4 is 11.6 Å². The molecule has 18 heavy (non-hydrogen) atoms. The number of aromatic hydroxyl groups is 1. The maximum Gasteiger partial charge on any atom is 0.259 e. The average molecular weight is 244 g/mol. The minimum atomic E-state index is -0.400. The zero-order valence-corrected chi connectivity index (χ0v) is 9.75. The van der Waals surface area contributed by atoms with Crippen molar-refractivity contribution in [3.05, 3.63) is 48.3 Å². The van der Waals surface area contributed by atoms with Crippen LogP contribution in [0.5, 0.6) is 11.5 Å². The molecule has 0 bridgehead atoms. The summed E-state index contributed by atoms with van der Waals surface area (Å²) in [6, 6.07) is 8.42. The Morgan fingerprint density at radius 2 is 2.22 bits per heavy atom. The number of rotatable bonds is 3. The SMILES string of the molecule is COc1cccc(NC(=O)c2ccncc2O)c1. The number of hydrogen-bond acceptors (Lipinski definition) is 4. The summed E-state index contributed by atoms with van der Waals surface area (Å²) in [4.78, 5) is 15.6. The van der Waals surface area contributed by atoms with Gasteiger partial charge in [0.15, 0.2) is 0 Å². The summed E-state index contributed by atoms with van der Waals surface area (Å²) in [5, 5.41) is 12.2. The van der Waals surface area contributed by atoms with Crippen molar-refractivity contribution in [3.8, 4) is 11.5 Å². The molecule has 0 saturated carbocycles. The first-order valence-electron chi connectivity index (χ1n) is 5.29. The van der Waals surface area contributed by atoms with Gasteiger partial charge < -0.3 is 15.2 Å². The van der Waals surface area contributed by atoms with Crippen LogP contribution in [0.2, 0.25) is 0 Å². The monoisotopic (exact) mass is 244 g/mol. The molecule has 0 atom stereocenters. The van der Waals surface area contributed by atoms with Crippen LogP contribution in [0.3, 0.4) is 0 Å². The van der Waals surface area contributed by atoms with Crippen LogP contribution < -0.4 is 10.1 Å². The van der Waals surface area contributed by atoms with E-state index in [1.165, 1.54) is 18.5 Å². The Morgan fingerprint density at radius 3 is 2.94 bits per heavy atom. The summed E-state index contributed by atoms with van der Waals surface area (Å²) in [5.41, 5.74) is 0.767. The quantitative estimate of drug-likeness (QED) is 0.866. The molecule has 0 fully saturated rings. The highest BCUT2D eigenvalue weighted by molar-refractivity contribution is 6.06. The van der Waals surface area contributed by atoms with E-state index in [1.54, 1.807) is 31.4 Å². The first-order valence-corrected chi connectivity index (χ1v) is 5.29. The van der Waals surface area contributed by atoms with Crippen molar-refractivity contribution in [1.82, 2.24) is 4.98 Å². The van der Waals surface area contributed by atoms with Crippen LogP contribution in [0.25, 0.3) is 0 Å². The number of carbonyl (C=O) groups is 1. The summed E-state index contributed by atoms with van der Waals surface area (Å²) in [6.07, 6.45) is 2.67. The van der Waals surface area contributed by atoms with Crippen molar-refractivity contribution in [2.75, 3.05) is 12.4 Å². The van der Waals surface area contributed by atoms with Crippen LogP contribution in [0.15, 0.2) is 42.7 Å². The highest BCUT2D eigenvalue weighted by atomic mass is 16.5. The van der Waals surface area contributed by atoms with Gasteiger partial charge in [0.2, 0.25) is 0 Å². The third-order valence-corrected chi connectivity index (χ3v) is 2.37. The number of carbonyl (C=O) groups excluding carboxylic acids is 1. The number of benzene rings is 1. The van der Waals surface area contributed by atoms with Crippen LogP contribution in [0.1, 0.15) is 10.4 Å². The molecule has 5 nitrogen and oxygen atoms in total. The van der Waals surface area contributed by atoms with E-state index in [1.807, 2.05) is 0 Å². The minimum absolute atomic E-state index is 0.155. The summed E-state index contributed by atoms with van der Waals surface area (Å²) >= 11 is 0. The molecule has 5 heteroatoms. The fourth-order valence-electron chi connectivity index (χ4n) is 1.48. The molecule has 0 unspecified atom stereocenters. The second kappa shape index (κ2) is 5.18. The van der Waals surface area contributed by atoms with E-state index in [9.17, 15) is 9.90 Å². The number of anilines is 1. The van der Waals surface area contributed by atoms with E-state index in [0.717, 1.165) is 0 Å². The lowest BCUT2D eigenvalue weighted by molar-refractivity contribution is 0.102. The molecule has 0 saturated heterocycles. The van der Waals surface area contributed by atoms with Gasteiger partial charge in [-0.25, -0.2) is 0 Å². The van der Waals surface area contributed by atoms with Gasteiger partial charge in [-0.1, -0.05) is 6.07 Å². The molecule has 1 aromatic carbocycles. The van der Waals surface area contributed by atoms with Gasteiger partial charge in [0.05, 0.1) is 18.9 Å². The molecule has 92 valence electrons. The van der Waals surface area contributed by atoms with Gasteiger partial charge in [-0.2, -0.15) is 0 Å². The Labute approximate surface area is 104 Å². The van der Waals surface area contributed by atoms with Crippen molar-refractivity contribution in [2.45, 2.75) is 0 Å². The lowest BCUT2D eigenvalue weighted by Gasteiger charge is -2.07. The lowest BCUT2D eigenvalue weighted by atomic mass is 10.2. The predicted octanol–water partition coefficient (Wildman–Crippen LogP) is 2.05. The number of hydrogen-bond donors (Lipinski definition) is 2. The van der Waals surface area contributed by atoms with Crippen molar-refractivity contribution in [1.29, 1.82) is 0 Å². The zero-order chi connectivity index (χ0) is 13.0. The first kappa shape index (κ1) is 11.9. The Bertz CT molecular complexity index is 570. The van der Waals surface area contributed by atoms with Crippen LogP contribution in [-0.4, -0.2) is 23.1 Å². The number of methoxy groups -OCH3 is 1. The average Bonchev–Trinajstić information content (AvgIpc) is 2.39. The highest BCUT2D eigenvalue weighted by Gasteiger charge is 2.10. The molecule has 1 aromatic heterocycles. The second-order valence-corrected chi connectivity index (χ2v) is 3.58. The van der Waals surface area contributed by atoms with Crippen LogP contribution in [0, 0.1) is 0 Å². The van der Waals surface area contributed by atoms with Gasteiger partial charge in [-0.15, -0.1) is 0 Å². The predicted molar refractivity (Wildman–Crippen MR) is 66.8 cm³/mol. The molecular weight excluding hydrogens is 232 g/mol. The summed E-state index contributed by atoms with van der Waals surface area (Å²) in [5.74, 6) is 0.0906. The minimum Gasteiger partial charge on any atom is -0.505 e. The first-order chi connectivity index (χ1) is 8.70. The number of pyridine rings is 1. The lowest BCUT2D eigenvalue weighted by Crippen LogP contribution is -2.12.